The van der Waals surface area contributed by atoms with E-state index in [0.29, 0.717) is 10.1 Å². The summed E-state index contributed by atoms with van der Waals surface area (Å²) >= 11 is 0. The number of nitrogens with one attached hydrogen (secondary N) is 1. The lowest BCUT2D eigenvalue weighted by Crippen LogP contribution is -2.15. The highest BCUT2D eigenvalue weighted by Gasteiger charge is 2.38. The second kappa shape index (κ2) is 7.25. The van der Waals surface area contributed by atoms with Crippen LogP contribution in [-0.2, 0) is 12.4 Å². The van der Waals surface area contributed by atoms with Gasteiger partial charge in [0, 0.05) is 24.1 Å². The zero-order chi connectivity index (χ0) is 22.4. The number of benzene rings is 1. The largest absolute Gasteiger partial charge is 0.453 e. The monoisotopic (exact) mass is 441 g/mol. The number of alkyl halides is 6. The lowest BCUT2D eigenvalue weighted by atomic mass is 10.1. The van der Waals surface area contributed by atoms with Gasteiger partial charge >= 0.3 is 12.4 Å². The molecule has 0 spiro atoms. The smallest absolute Gasteiger partial charge is 0.362 e. The van der Waals surface area contributed by atoms with Crippen molar-refractivity contribution < 1.29 is 26.3 Å². The summed E-state index contributed by atoms with van der Waals surface area (Å²) in [5.41, 5.74) is 0.884. The number of imidazole rings is 1. The molecule has 0 bridgehead atoms. The van der Waals surface area contributed by atoms with E-state index in [9.17, 15) is 26.3 Å². The molecule has 1 N–H and O–H groups in total. The minimum Gasteiger partial charge on any atom is -0.362 e. The second-order valence-corrected chi connectivity index (χ2v) is 6.59. The fraction of sp³-hybridized carbons (Fsp3) is 0.222. The maximum atomic E-state index is 13.0. The predicted octanol–water partition coefficient (Wildman–Crippen LogP) is 4.52. The van der Waals surface area contributed by atoms with Gasteiger partial charge in [0.15, 0.2) is 5.65 Å². The summed E-state index contributed by atoms with van der Waals surface area (Å²) < 4.78 is 79.6. The van der Waals surface area contributed by atoms with E-state index in [1.165, 1.54) is 30.5 Å². The van der Waals surface area contributed by atoms with E-state index in [2.05, 4.69) is 25.6 Å². The fourth-order valence-electron chi connectivity index (χ4n) is 2.99. The summed E-state index contributed by atoms with van der Waals surface area (Å²) in [4.78, 5) is 3.35. The Hall–Kier alpha value is -3.64. The summed E-state index contributed by atoms with van der Waals surface area (Å²) in [5, 5.41) is 13.4. The van der Waals surface area contributed by atoms with Gasteiger partial charge in [-0.1, -0.05) is 12.1 Å². The molecule has 7 nitrogen and oxygen atoms in total. The van der Waals surface area contributed by atoms with Crippen molar-refractivity contribution >= 4 is 11.5 Å². The Morgan fingerprint density at radius 1 is 0.871 bits per heavy atom. The van der Waals surface area contributed by atoms with E-state index in [0.717, 1.165) is 10.8 Å². The Bertz CT molecular complexity index is 1210. The van der Waals surface area contributed by atoms with Crippen LogP contribution in [0.15, 0.2) is 48.8 Å². The van der Waals surface area contributed by atoms with Gasteiger partial charge in [-0.05, 0) is 36.8 Å². The fourth-order valence-corrected chi connectivity index (χ4v) is 2.99. The van der Waals surface area contributed by atoms with E-state index >= 15 is 0 Å². The first-order valence-electron chi connectivity index (χ1n) is 8.81. The summed E-state index contributed by atoms with van der Waals surface area (Å²) in [6, 6.07) is 8.57. The van der Waals surface area contributed by atoms with Gasteiger partial charge in [-0.2, -0.15) is 30.9 Å². The Balaban J connectivity index is 1.56. The van der Waals surface area contributed by atoms with E-state index in [1.54, 1.807) is 19.1 Å². The minimum atomic E-state index is -4.71. The number of aromatic nitrogens is 6. The first-order chi connectivity index (χ1) is 14.5. The van der Waals surface area contributed by atoms with E-state index in [-0.39, 0.29) is 17.2 Å². The number of halogens is 6. The number of nitrogens with zero attached hydrogens (tertiary/aromatic N) is 6. The van der Waals surface area contributed by atoms with Crippen LogP contribution in [0, 0.1) is 0 Å². The Morgan fingerprint density at radius 3 is 2.19 bits per heavy atom. The quantitative estimate of drug-likeness (QED) is 0.472. The molecule has 13 heteroatoms. The molecule has 1 aromatic carbocycles. The van der Waals surface area contributed by atoms with Crippen molar-refractivity contribution in [2.75, 3.05) is 5.32 Å². The summed E-state index contributed by atoms with van der Waals surface area (Å²) in [5.74, 6) is -2.15. The highest BCUT2D eigenvalue weighted by Crippen LogP contribution is 2.30. The normalized spacial score (nSPS) is 13.5. The average molecular weight is 441 g/mol. The molecule has 0 aliphatic rings. The third kappa shape index (κ3) is 4.02. The number of hydrogen-bond acceptors (Lipinski definition) is 5. The van der Waals surface area contributed by atoms with Crippen molar-refractivity contribution in [2.45, 2.75) is 25.3 Å². The van der Waals surface area contributed by atoms with Crippen LogP contribution in [0.4, 0.5) is 32.2 Å². The molecular weight excluding hydrogens is 428 g/mol. The summed E-state index contributed by atoms with van der Waals surface area (Å²) in [6.07, 6.45) is -7.05. The highest BCUT2D eigenvalue weighted by molar-refractivity contribution is 5.46. The summed E-state index contributed by atoms with van der Waals surface area (Å²) in [7, 11) is 0. The molecule has 31 heavy (non-hydrogen) atoms. The van der Waals surface area contributed by atoms with Gasteiger partial charge in [-0.3, -0.25) is 4.57 Å². The van der Waals surface area contributed by atoms with E-state index < -0.39 is 30.0 Å². The summed E-state index contributed by atoms with van der Waals surface area (Å²) in [6.45, 7) is 1.73. The van der Waals surface area contributed by atoms with Gasteiger partial charge in [0.2, 0.25) is 5.82 Å². The highest BCUT2D eigenvalue weighted by atomic mass is 19.4. The van der Waals surface area contributed by atoms with E-state index in [1.807, 2.05) is 0 Å². The molecule has 1 atom stereocenters. The zero-order valence-corrected chi connectivity index (χ0v) is 15.6. The standard InChI is InChI=1S/C18H13F6N7/c1-10(26-13-6-7-14-27-28-16(18(22,23)24)31(14)29-13)11-2-4-12(5-3-11)30-9-8-25-15(30)17(19,20)21/h2-10H,1H3,(H,26,29). The van der Waals surface area contributed by atoms with Crippen molar-refractivity contribution in [3.8, 4) is 5.69 Å². The molecule has 1 unspecified atom stereocenters. The molecule has 0 saturated heterocycles. The number of anilines is 1. The molecule has 4 rings (SSSR count). The molecule has 162 valence electrons. The third-order valence-electron chi connectivity index (χ3n) is 4.45. The zero-order valence-electron chi connectivity index (χ0n) is 15.6. The molecule has 0 aliphatic heterocycles. The average Bonchev–Trinajstić information content (AvgIpc) is 3.34. The second-order valence-electron chi connectivity index (χ2n) is 6.59. The Morgan fingerprint density at radius 2 is 1.55 bits per heavy atom. The molecule has 0 amide bonds. The van der Waals surface area contributed by atoms with Crippen molar-refractivity contribution in [3.05, 3.63) is 66.0 Å². The van der Waals surface area contributed by atoms with Crippen molar-refractivity contribution in [1.29, 1.82) is 0 Å². The predicted molar refractivity (Wildman–Crippen MR) is 96.4 cm³/mol. The minimum absolute atomic E-state index is 0.0596. The third-order valence-corrected chi connectivity index (χ3v) is 4.45. The van der Waals surface area contributed by atoms with Gasteiger partial charge in [0.25, 0.3) is 5.82 Å². The molecule has 0 fully saturated rings. The number of hydrogen-bond donors (Lipinski definition) is 1. The van der Waals surface area contributed by atoms with Crippen molar-refractivity contribution in [2.24, 2.45) is 0 Å². The van der Waals surface area contributed by atoms with Gasteiger partial charge in [-0.25, -0.2) is 4.98 Å². The van der Waals surface area contributed by atoms with Crippen LogP contribution in [0.1, 0.15) is 30.2 Å². The van der Waals surface area contributed by atoms with Gasteiger partial charge in [0.1, 0.15) is 5.82 Å². The first kappa shape index (κ1) is 20.6. The van der Waals surface area contributed by atoms with Crippen LogP contribution in [0.2, 0.25) is 0 Å². The molecular formula is C18H13F6N7. The number of fused-ring (bicyclic) bond motifs is 1. The molecule has 0 aliphatic carbocycles. The Labute approximate surface area is 170 Å². The van der Waals surface area contributed by atoms with E-state index in [4.69, 9.17) is 0 Å². The molecule has 0 saturated carbocycles. The molecule has 4 aromatic rings. The first-order valence-corrected chi connectivity index (χ1v) is 8.81. The Kier molecular flexibility index (Phi) is 4.82. The SMILES string of the molecule is CC(Nc1ccc2nnc(C(F)(F)F)n2n1)c1ccc(-n2ccnc2C(F)(F)F)cc1. The van der Waals surface area contributed by atoms with Gasteiger partial charge in [0.05, 0.1) is 0 Å². The van der Waals surface area contributed by atoms with Crippen LogP contribution in [0.25, 0.3) is 11.3 Å². The lowest BCUT2D eigenvalue weighted by Gasteiger charge is -2.16. The van der Waals surface area contributed by atoms with Crippen LogP contribution in [0.3, 0.4) is 0 Å². The van der Waals surface area contributed by atoms with Gasteiger partial charge < -0.3 is 5.32 Å². The molecule has 3 heterocycles. The van der Waals surface area contributed by atoms with Crippen LogP contribution in [-0.4, -0.2) is 29.4 Å². The topological polar surface area (TPSA) is 72.9 Å². The van der Waals surface area contributed by atoms with Crippen LogP contribution in [0.5, 0.6) is 0 Å². The molecule has 0 radical (unpaired) electrons. The van der Waals surface area contributed by atoms with Crippen molar-refractivity contribution in [1.82, 2.24) is 29.4 Å². The van der Waals surface area contributed by atoms with Crippen LogP contribution < -0.4 is 5.32 Å². The van der Waals surface area contributed by atoms with Crippen molar-refractivity contribution in [3.63, 3.8) is 0 Å². The van der Waals surface area contributed by atoms with Gasteiger partial charge in [-0.15, -0.1) is 15.3 Å². The maximum absolute atomic E-state index is 13.0. The van der Waals surface area contributed by atoms with Crippen LogP contribution >= 0.6 is 0 Å². The number of rotatable bonds is 4. The molecule has 3 aromatic heterocycles. The lowest BCUT2D eigenvalue weighted by molar-refractivity contribution is -0.146. The maximum Gasteiger partial charge on any atom is 0.453 e.